The molecule has 0 aromatic rings. The summed E-state index contributed by atoms with van der Waals surface area (Å²) in [5, 5.41) is 7.42. The fourth-order valence-electron chi connectivity index (χ4n) is 2.92. The Bertz CT molecular complexity index is 282. The van der Waals surface area contributed by atoms with Gasteiger partial charge in [-0.3, -0.25) is 4.99 Å². The minimum absolute atomic E-state index is 0.106. The molecule has 0 saturated heterocycles. The number of amidine groups is 1. The lowest BCUT2D eigenvalue weighted by atomic mass is 9.80. The molecule has 0 radical (unpaired) electrons. The van der Waals surface area contributed by atoms with E-state index in [2.05, 4.69) is 31.4 Å². The Kier molecular flexibility index (Phi) is 3.76. The molecule has 3 nitrogen and oxygen atoms in total. The Morgan fingerprint density at radius 3 is 2.47 bits per heavy atom. The van der Waals surface area contributed by atoms with E-state index in [0.29, 0.717) is 0 Å². The average Bonchev–Trinajstić information content (AvgIpc) is 2.42. The number of nitrogens with zero attached hydrogens (tertiary/aromatic N) is 1. The molecule has 2 rings (SSSR count). The van der Waals surface area contributed by atoms with Gasteiger partial charge in [0.1, 0.15) is 5.84 Å². The van der Waals surface area contributed by atoms with Gasteiger partial charge >= 0.3 is 0 Å². The summed E-state index contributed by atoms with van der Waals surface area (Å²) in [5.74, 6) is 1.22. The third kappa shape index (κ3) is 3.21. The lowest BCUT2D eigenvalue weighted by Crippen LogP contribution is -2.60. The SMILES string of the molecule is CC(C)(C)NC1=NCCCNC12CCCCC2. The van der Waals surface area contributed by atoms with E-state index in [-0.39, 0.29) is 11.1 Å². The molecule has 98 valence electrons. The summed E-state index contributed by atoms with van der Waals surface area (Å²) < 4.78 is 0. The summed E-state index contributed by atoms with van der Waals surface area (Å²) in [5.41, 5.74) is 0.261. The Balaban J connectivity index is 2.19. The predicted molar refractivity (Wildman–Crippen MR) is 73.6 cm³/mol. The molecule has 0 amide bonds. The van der Waals surface area contributed by atoms with Crippen LogP contribution in [-0.2, 0) is 0 Å². The van der Waals surface area contributed by atoms with Gasteiger partial charge in [0.25, 0.3) is 0 Å². The highest BCUT2D eigenvalue weighted by Crippen LogP contribution is 2.30. The maximum absolute atomic E-state index is 4.83. The molecule has 1 aliphatic carbocycles. The van der Waals surface area contributed by atoms with Gasteiger partial charge in [-0.15, -0.1) is 0 Å². The van der Waals surface area contributed by atoms with Crippen LogP contribution >= 0.6 is 0 Å². The highest BCUT2D eigenvalue weighted by atomic mass is 15.1. The zero-order valence-corrected chi connectivity index (χ0v) is 11.6. The van der Waals surface area contributed by atoms with Gasteiger partial charge in [0.2, 0.25) is 0 Å². The Labute approximate surface area is 105 Å². The molecule has 0 aromatic carbocycles. The first-order valence-corrected chi connectivity index (χ1v) is 7.10. The van der Waals surface area contributed by atoms with E-state index in [9.17, 15) is 0 Å². The summed E-state index contributed by atoms with van der Waals surface area (Å²) in [4.78, 5) is 4.83. The largest absolute Gasteiger partial charge is 0.368 e. The third-order valence-electron chi connectivity index (χ3n) is 3.72. The molecule has 0 atom stereocenters. The van der Waals surface area contributed by atoms with Crippen molar-refractivity contribution in [2.45, 2.75) is 70.4 Å². The maximum Gasteiger partial charge on any atom is 0.117 e. The minimum Gasteiger partial charge on any atom is -0.368 e. The highest BCUT2D eigenvalue weighted by Gasteiger charge is 2.38. The number of hydrogen-bond acceptors (Lipinski definition) is 3. The number of rotatable bonds is 0. The van der Waals surface area contributed by atoms with E-state index in [1.165, 1.54) is 37.9 Å². The summed E-state index contributed by atoms with van der Waals surface area (Å²) in [6.07, 6.45) is 7.70. The molecule has 2 aliphatic rings. The van der Waals surface area contributed by atoms with Crippen LogP contribution < -0.4 is 10.6 Å². The van der Waals surface area contributed by atoms with E-state index in [1.807, 2.05) is 0 Å². The van der Waals surface area contributed by atoms with Crippen LogP contribution in [0.5, 0.6) is 0 Å². The maximum atomic E-state index is 4.83. The van der Waals surface area contributed by atoms with Gasteiger partial charge in [-0.05, 0) is 46.6 Å². The molecular formula is C14H27N3. The second-order valence-corrected chi connectivity index (χ2v) is 6.53. The van der Waals surface area contributed by atoms with Gasteiger partial charge in [-0.1, -0.05) is 19.3 Å². The summed E-state index contributed by atoms with van der Waals surface area (Å²) in [7, 11) is 0. The summed E-state index contributed by atoms with van der Waals surface area (Å²) in [6, 6.07) is 0. The van der Waals surface area contributed by atoms with Crippen molar-refractivity contribution >= 4 is 5.84 Å². The molecule has 1 saturated carbocycles. The quantitative estimate of drug-likeness (QED) is 0.679. The first kappa shape index (κ1) is 12.9. The van der Waals surface area contributed by atoms with E-state index in [1.54, 1.807) is 0 Å². The van der Waals surface area contributed by atoms with Gasteiger partial charge in [0, 0.05) is 12.1 Å². The topological polar surface area (TPSA) is 36.4 Å². The van der Waals surface area contributed by atoms with Gasteiger partial charge in [0.15, 0.2) is 0 Å². The molecule has 0 bridgehead atoms. The van der Waals surface area contributed by atoms with Crippen molar-refractivity contribution in [3.05, 3.63) is 0 Å². The van der Waals surface area contributed by atoms with Crippen molar-refractivity contribution in [1.29, 1.82) is 0 Å². The molecule has 2 N–H and O–H groups in total. The predicted octanol–water partition coefficient (Wildman–Crippen LogP) is 2.47. The molecule has 0 aromatic heterocycles. The number of aliphatic imine (C=N–C) groups is 1. The zero-order valence-electron chi connectivity index (χ0n) is 11.6. The van der Waals surface area contributed by atoms with Crippen LogP contribution in [0.4, 0.5) is 0 Å². The molecule has 1 aliphatic heterocycles. The van der Waals surface area contributed by atoms with E-state index in [0.717, 1.165) is 19.5 Å². The summed E-state index contributed by atoms with van der Waals surface area (Å²) >= 11 is 0. The van der Waals surface area contributed by atoms with Gasteiger partial charge in [-0.2, -0.15) is 0 Å². The molecule has 0 unspecified atom stereocenters. The summed E-state index contributed by atoms with van der Waals surface area (Å²) in [6.45, 7) is 8.73. The molecule has 1 heterocycles. The van der Waals surface area contributed by atoms with Crippen molar-refractivity contribution in [3.63, 3.8) is 0 Å². The van der Waals surface area contributed by atoms with Crippen LogP contribution in [0, 0.1) is 0 Å². The monoisotopic (exact) mass is 237 g/mol. The van der Waals surface area contributed by atoms with Crippen LogP contribution in [0.25, 0.3) is 0 Å². The molecule has 3 heteroatoms. The first-order valence-electron chi connectivity index (χ1n) is 7.10. The molecule has 17 heavy (non-hydrogen) atoms. The minimum atomic E-state index is 0.106. The van der Waals surface area contributed by atoms with E-state index < -0.39 is 0 Å². The smallest absolute Gasteiger partial charge is 0.117 e. The fraction of sp³-hybridized carbons (Fsp3) is 0.929. The Morgan fingerprint density at radius 1 is 1.12 bits per heavy atom. The van der Waals surface area contributed by atoms with Crippen LogP contribution in [0.15, 0.2) is 4.99 Å². The fourth-order valence-corrected chi connectivity index (χ4v) is 2.92. The Morgan fingerprint density at radius 2 is 1.82 bits per heavy atom. The second-order valence-electron chi connectivity index (χ2n) is 6.53. The van der Waals surface area contributed by atoms with Crippen molar-refractivity contribution in [1.82, 2.24) is 10.6 Å². The van der Waals surface area contributed by atoms with Crippen molar-refractivity contribution in [3.8, 4) is 0 Å². The lowest BCUT2D eigenvalue weighted by Gasteiger charge is -2.41. The second kappa shape index (κ2) is 4.97. The molecular weight excluding hydrogens is 210 g/mol. The van der Waals surface area contributed by atoms with E-state index in [4.69, 9.17) is 4.99 Å². The third-order valence-corrected chi connectivity index (χ3v) is 3.72. The lowest BCUT2D eigenvalue weighted by molar-refractivity contribution is 0.303. The average molecular weight is 237 g/mol. The van der Waals surface area contributed by atoms with Gasteiger partial charge in [0.05, 0.1) is 5.54 Å². The van der Waals surface area contributed by atoms with Crippen molar-refractivity contribution in [2.75, 3.05) is 13.1 Å². The number of nitrogens with one attached hydrogen (secondary N) is 2. The molecule has 1 fully saturated rings. The van der Waals surface area contributed by atoms with Crippen LogP contribution in [0.2, 0.25) is 0 Å². The first-order chi connectivity index (χ1) is 8.02. The van der Waals surface area contributed by atoms with Gasteiger partial charge in [-0.25, -0.2) is 0 Å². The highest BCUT2D eigenvalue weighted by molar-refractivity contribution is 5.92. The van der Waals surface area contributed by atoms with Crippen LogP contribution in [-0.4, -0.2) is 30.0 Å². The van der Waals surface area contributed by atoms with Crippen LogP contribution in [0.3, 0.4) is 0 Å². The van der Waals surface area contributed by atoms with Crippen molar-refractivity contribution < 1.29 is 0 Å². The van der Waals surface area contributed by atoms with Gasteiger partial charge < -0.3 is 10.6 Å². The standard InChI is InChI=1S/C14H27N3/c1-13(2,3)17-12-14(8-5-4-6-9-14)16-11-7-10-15-12/h16H,4-11H2,1-3H3,(H,15,17). The van der Waals surface area contributed by atoms with E-state index >= 15 is 0 Å². The number of hydrogen-bond donors (Lipinski definition) is 2. The van der Waals surface area contributed by atoms with Crippen LogP contribution in [0.1, 0.15) is 59.3 Å². The van der Waals surface area contributed by atoms with Crippen molar-refractivity contribution in [2.24, 2.45) is 4.99 Å². The normalized spacial score (nSPS) is 25.2. The Hall–Kier alpha value is -0.570. The molecule has 1 spiro atoms. The zero-order chi connectivity index (χ0) is 12.4.